The van der Waals surface area contributed by atoms with Crippen molar-refractivity contribution in [3.05, 3.63) is 46.9 Å². The van der Waals surface area contributed by atoms with Crippen molar-refractivity contribution < 1.29 is 14.3 Å². The molecule has 134 valence electrons. The molecule has 0 radical (unpaired) electrons. The molecule has 0 spiro atoms. The Morgan fingerprint density at radius 1 is 1.00 bits per heavy atom. The highest BCUT2D eigenvalue weighted by atomic mass is 16.5. The number of benzene rings is 1. The van der Waals surface area contributed by atoms with Crippen LogP contribution < -0.4 is 21.1 Å². The van der Waals surface area contributed by atoms with E-state index in [1.807, 2.05) is 0 Å². The average molecular weight is 355 g/mol. The molecule has 3 aromatic rings. The van der Waals surface area contributed by atoms with Gasteiger partial charge in [0.05, 0.1) is 12.6 Å². The normalized spacial score (nSPS) is 10.5. The molecule has 0 aliphatic heterocycles. The Kier molecular flexibility index (Phi) is 4.97. The Balaban J connectivity index is 1.50. The Morgan fingerprint density at radius 3 is 2.38 bits per heavy atom. The Morgan fingerprint density at radius 2 is 1.69 bits per heavy atom. The molecule has 3 rings (SSSR count). The second-order valence-electron chi connectivity index (χ2n) is 5.50. The first-order valence-corrected chi connectivity index (χ1v) is 7.86. The number of nitrogens with zero attached hydrogens (tertiary/aromatic N) is 1. The van der Waals surface area contributed by atoms with Gasteiger partial charge in [0.15, 0.2) is 5.65 Å². The molecule has 2 amide bonds. The standard InChI is InChI=1S/C17H17N5O4/c1-26-11-4-2-10(3-5-11)18-14(23)8-9-15(24)20-13-7-6-12-16(21-13)22-17(25)19-12/h2-7H,8-9H2,1H3,(H,18,23)(H3,19,20,21,22,24,25). The summed E-state index contributed by atoms with van der Waals surface area (Å²) in [6, 6.07) is 10.1. The number of rotatable bonds is 6. The zero-order chi connectivity index (χ0) is 18.5. The molecular weight excluding hydrogens is 338 g/mol. The van der Waals surface area contributed by atoms with Gasteiger partial charge in [-0.2, -0.15) is 0 Å². The van der Waals surface area contributed by atoms with Crippen molar-refractivity contribution in [2.24, 2.45) is 0 Å². The van der Waals surface area contributed by atoms with E-state index >= 15 is 0 Å². The second-order valence-corrected chi connectivity index (χ2v) is 5.50. The van der Waals surface area contributed by atoms with Gasteiger partial charge in [0, 0.05) is 18.5 Å². The number of hydrogen-bond acceptors (Lipinski definition) is 5. The molecule has 0 unspecified atom stereocenters. The van der Waals surface area contributed by atoms with Gasteiger partial charge < -0.3 is 20.4 Å². The van der Waals surface area contributed by atoms with Crippen LogP contribution in [0.1, 0.15) is 12.8 Å². The van der Waals surface area contributed by atoms with E-state index in [1.54, 1.807) is 43.5 Å². The quantitative estimate of drug-likeness (QED) is 0.534. The minimum atomic E-state index is -0.369. The Bertz CT molecular complexity index is 990. The van der Waals surface area contributed by atoms with Crippen LogP contribution in [-0.2, 0) is 9.59 Å². The highest BCUT2D eigenvalue weighted by Gasteiger charge is 2.09. The van der Waals surface area contributed by atoms with Crippen LogP contribution in [0.4, 0.5) is 11.5 Å². The number of anilines is 2. The fraction of sp³-hybridized carbons (Fsp3) is 0.176. The SMILES string of the molecule is COc1ccc(NC(=O)CCC(=O)Nc2ccc3[nH]c(=O)[nH]c3n2)cc1. The van der Waals surface area contributed by atoms with Crippen LogP contribution in [0.25, 0.3) is 11.2 Å². The molecule has 9 nitrogen and oxygen atoms in total. The molecular formula is C17H17N5O4. The van der Waals surface area contributed by atoms with E-state index in [2.05, 4.69) is 25.6 Å². The minimum absolute atomic E-state index is 0.00532. The van der Waals surface area contributed by atoms with Gasteiger partial charge in [-0.05, 0) is 36.4 Å². The topological polar surface area (TPSA) is 129 Å². The molecule has 9 heteroatoms. The monoisotopic (exact) mass is 355 g/mol. The summed E-state index contributed by atoms with van der Waals surface area (Å²) < 4.78 is 5.04. The number of amides is 2. The molecule has 1 aromatic carbocycles. The number of aromatic amines is 2. The van der Waals surface area contributed by atoms with Crippen molar-refractivity contribution in [2.75, 3.05) is 17.7 Å². The van der Waals surface area contributed by atoms with Crippen LogP contribution in [0.3, 0.4) is 0 Å². The van der Waals surface area contributed by atoms with Crippen LogP contribution in [0.5, 0.6) is 5.75 Å². The minimum Gasteiger partial charge on any atom is -0.497 e. The van der Waals surface area contributed by atoms with E-state index in [1.165, 1.54) is 0 Å². The number of carbonyl (C=O) groups is 2. The molecule has 0 saturated carbocycles. The van der Waals surface area contributed by atoms with Gasteiger partial charge in [0.1, 0.15) is 11.6 Å². The number of aromatic nitrogens is 3. The van der Waals surface area contributed by atoms with Crippen LogP contribution >= 0.6 is 0 Å². The number of fused-ring (bicyclic) bond motifs is 1. The zero-order valence-corrected chi connectivity index (χ0v) is 14.0. The van der Waals surface area contributed by atoms with Gasteiger partial charge in [-0.1, -0.05) is 0 Å². The predicted molar refractivity (Wildman–Crippen MR) is 96.2 cm³/mol. The smallest absolute Gasteiger partial charge is 0.325 e. The lowest BCUT2D eigenvalue weighted by Gasteiger charge is -2.07. The molecule has 0 aliphatic carbocycles. The fourth-order valence-electron chi connectivity index (χ4n) is 2.32. The molecule has 0 atom stereocenters. The third-order valence-corrected chi connectivity index (χ3v) is 3.60. The number of methoxy groups -OCH3 is 1. The van der Waals surface area contributed by atoms with Gasteiger partial charge in [0.25, 0.3) is 0 Å². The molecule has 4 N–H and O–H groups in total. The summed E-state index contributed by atoms with van der Waals surface area (Å²) in [4.78, 5) is 44.3. The van der Waals surface area contributed by atoms with E-state index in [0.717, 1.165) is 0 Å². The maximum atomic E-state index is 12.0. The van der Waals surface area contributed by atoms with Crippen LogP contribution in [0.2, 0.25) is 0 Å². The fourth-order valence-corrected chi connectivity index (χ4v) is 2.32. The second kappa shape index (κ2) is 7.51. The van der Waals surface area contributed by atoms with Crippen molar-refractivity contribution >= 4 is 34.5 Å². The summed E-state index contributed by atoms with van der Waals surface area (Å²) in [5, 5.41) is 5.30. The number of H-pyrrole nitrogens is 2. The van der Waals surface area contributed by atoms with Gasteiger partial charge in [-0.3, -0.25) is 14.6 Å². The first kappa shape index (κ1) is 17.2. The average Bonchev–Trinajstić information content (AvgIpc) is 3.00. The van der Waals surface area contributed by atoms with E-state index in [0.29, 0.717) is 28.4 Å². The summed E-state index contributed by atoms with van der Waals surface area (Å²) in [7, 11) is 1.56. The number of ether oxygens (including phenoxy) is 1. The Hall–Kier alpha value is -3.62. The lowest BCUT2D eigenvalue weighted by atomic mass is 10.2. The third-order valence-electron chi connectivity index (χ3n) is 3.60. The number of imidazole rings is 1. The summed E-state index contributed by atoms with van der Waals surface area (Å²) in [5.41, 5.74) is 1.16. The molecule has 0 saturated heterocycles. The molecule has 26 heavy (non-hydrogen) atoms. The number of hydrogen-bond donors (Lipinski definition) is 4. The summed E-state index contributed by atoms with van der Waals surface area (Å²) in [6.45, 7) is 0. The van der Waals surface area contributed by atoms with Crippen molar-refractivity contribution in [1.29, 1.82) is 0 Å². The van der Waals surface area contributed by atoms with Crippen LogP contribution in [-0.4, -0.2) is 33.9 Å². The predicted octanol–water partition coefficient (Wildman–Crippen LogP) is 1.62. The summed E-state index contributed by atoms with van der Waals surface area (Å²) in [5.74, 6) is 0.368. The van der Waals surface area contributed by atoms with E-state index in [-0.39, 0.29) is 30.3 Å². The highest BCUT2D eigenvalue weighted by molar-refractivity contribution is 5.96. The maximum Gasteiger partial charge on any atom is 0.325 e. The lowest BCUT2D eigenvalue weighted by Crippen LogP contribution is -2.17. The van der Waals surface area contributed by atoms with Crippen LogP contribution in [0.15, 0.2) is 41.2 Å². The lowest BCUT2D eigenvalue weighted by molar-refractivity contribution is -0.121. The summed E-state index contributed by atoms with van der Waals surface area (Å²) in [6.07, 6.45) is 0.0342. The van der Waals surface area contributed by atoms with Crippen LogP contribution in [0, 0.1) is 0 Å². The maximum absolute atomic E-state index is 12.0. The number of pyridine rings is 1. The van der Waals surface area contributed by atoms with Crippen molar-refractivity contribution in [1.82, 2.24) is 15.0 Å². The first-order chi connectivity index (χ1) is 12.5. The van der Waals surface area contributed by atoms with Gasteiger partial charge in [-0.25, -0.2) is 9.78 Å². The Labute approximate surface area is 147 Å². The largest absolute Gasteiger partial charge is 0.497 e. The van der Waals surface area contributed by atoms with E-state index in [9.17, 15) is 14.4 Å². The first-order valence-electron chi connectivity index (χ1n) is 7.86. The van der Waals surface area contributed by atoms with Gasteiger partial charge >= 0.3 is 5.69 Å². The summed E-state index contributed by atoms with van der Waals surface area (Å²) >= 11 is 0. The highest BCUT2D eigenvalue weighted by Crippen LogP contribution is 2.15. The number of carbonyl (C=O) groups excluding carboxylic acids is 2. The van der Waals surface area contributed by atoms with Gasteiger partial charge in [-0.15, -0.1) is 0 Å². The molecule has 0 bridgehead atoms. The van der Waals surface area contributed by atoms with Crippen molar-refractivity contribution in [3.8, 4) is 5.75 Å². The van der Waals surface area contributed by atoms with Gasteiger partial charge in [0.2, 0.25) is 11.8 Å². The molecule has 0 fully saturated rings. The van der Waals surface area contributed by atoms with E-state index < -0.39 is 0 Å². The molecule has 2 heterocycles. The molecule has 0 aliphatic rings. The zero-order valence-electron chi connectivity index (χ0n) is 14.0. The van der Waals surface area contributed by atoms with Crippen molar-refractivity contribution in [2.45, 2.75) is 12.8 Å². The molecule has 2 aromatic heterocycles. The van der Waals surface area contributed by atoms with E-state index in [4.69, 9.17) is 4.74 Å². The third kappa shape index (κ3) is 4.26. The number of nitrogens with one attached hydrogen (secondary N) is 4. The van der Waals surface area contributed by atoms with Crippen molar-refractivity contribution in [3.63, 3.8) is 0 Å².